The molecule has 7 nitrogen and oxygen atoms in total. The number of nitrogens with one attached hydrogen (secondary N) is 2. The van der Waals surface area contributed by atoms with E-state index in [0.717, 1.165) is 79.6 Å². The average molecular weight is 479 g/mol. The highest BCUT2D eigenvalue weighted by molar-refractivity contribution is 6.31. The number of piperidine rings is 1. The van der Waals surface area contributed by atoms with E-state index >= 15 is 0 Å². The first-order valence-corrected chi connectivity index (χ1v) is 12.5. The van der Waals surface area contributed by atoms with Crippen LogP contribution < -0.4 is 5.32 Å². The lowest BCUT2D eigenvalue weighted by Crippen LogP contribution is -2.41. The Balaban J connectivity index is 1.22. The van der Waals surface area contributed by atoms with Crippen LogP contribution >= 0.6 is 11.6 Å². The summed E-state index contributed by atoms with van der Waals surface area (Å²) in [5.74, 6) is 3.42. The number of amides is 1. The van der Waals surface area contributed by atoms with Crippen molar-refractivity contribution in [2.24, 2.45) is 5.92 Å². The highest BCUT2D eigenvalue weighted by Gasteiger charge is 2.30. The standard InChI is InChI=1S/C26H31ClN6O/c1-16-13-24(32-31-16)29-23-15-20(28-25(30-23)19-7-8-19)14-18-9-11-33(12-10-18)26(34)17(2)21-5-3-4-6-22(21)27/h3-6,13,15,17-19H,7-12,14H2,1-2H3,(H2,28,29,30,31,32). The fourth-order valence-electron chi connectivity index (χ4n) is 4.71. The lowest BCUT2D eigenvalue weighted by molar-refractivity contribution is -0.133. The number of likely N-dealkylation sites (tertiary alicyclic amines) is 1. The quantitative estimate of drug-likeness (QED) is 0.477. The zero-order valence-electron chi connectivity index (χ0n) is 19.7. The molecule has 8 heteroatoms. The monoisotopic (exact) mass is 478 g/mol. The maximum atomic E-state index is 13.1. The predicted octanol–water partition coefficient (Wildman–Crippen LogP) is 5.37. The van der Waals surface area contributed by atoms with Crippen molar-refractivity contribution < 1.29 is 4.79 Å². The molecule has 0 bridgehead atoms. The number of aromatic amines is 1. The Bertz CT molecular complexity index is 1170. The van der Waals surface area contributed by atoms with E-state index in [9.17, 15) is 4.79 Å². The van der Waals surface area contributed by atoms with Crippen molar-refractivity contribution in [2.45, 2.75) is 57.8 Å². The fraction of sp³-hybridized carbons (Fsp3) is 0.462. The molecule has 34 heavy (non-hydrogen) atoms. The van der Waals surface area contributed by atoms with Gasteiger partial charge in [0.25, 0.3) is 0 Å². The summed E-state index contributed by atoms with van der Waals surface area (Å²) in [5, 5.41) is 11.2. The van der Waals surface area contributed by atoms with Gasteiger partial charge in [0.1, 0.15) is 11.6 Å². The summed E-state index contributed by atoms with van der Waals surface area (Å²) in [6.07, 6.45) is 5.18. The molecule has 1 amide bonds. The fourth-order valence-corrected chi connectivity index (χ4v) is 5.01. The third-order valence-electron chi connectivity index (χ3n) is 6.87. The number of hydrogen-bond donors (Lipinski definition) is 2. The number of rotatable bonds is 7. The Labute approximate surface area is 205 Å². The normalized spacial score (nSPS) is 17.6. The number of anilines is 2. The molecular formula is C26H31ClN6O. The van der Waals surface area contributed by atoms with Gasteiger partial charge in [-0.05, 0) is 63.5 Å². The summed E-state index contributed by atoms with van der Waals surface area (Å²) < 4.78 is 0. The molecule has 1 aliphatic heterocycles. The first-order valence-electron chi connectivity index (χ1n) is 12.2. The van der Waals surface area contributed by atoms with Crippen molar-refractivity contribution in [3.05, 3.63) is 64.2 Å². The van der Waals surface area contributed by atoms with Crippen molar-refractivity contribution >= 4 is 29.1 Å². The number of halogens is 1. The SMILES string of the molecule is Cc1cc(Nc2cc(CC3CCN(C(=O)C(C)c4ccccc4Cl)CC3)nc(C3CC3)n2)n[nH]1. The van der Waals surface area contributed by atoms with Crippen LogP contribution in [-0.4, -0.2) is 44.1 Å². The zero-order chi connectivity index (χ0) is 23.7. The third-order valence-corrected chi connectivity index (χ3v) is 7.21. The molecule has 0 spiro atoms. The number of carbonyl (C=O) groups excluding carboxylic acids is 1. The minimum atomic E-state index is -0.229. The van der Waals surface area contributed by atoms with Gasteiger partial charge in [0.05, 0.1) is 5.92 Å². The van der Waals surface area contributed by atoms with Crippen LogP contribution in [0.1, 0.15) is 67.2 Å². The second-order valence-corrected chi connectivity index (χ2v) is 10.1. The summed E-state index contributed by atoms with van der Waals surface area (Å²) in [6.45, 7) is 5.48. The number of aromatic nitrogens is 4. The molecule has 1 unspecified atom stereocenters. The molecule has 5 rings (SSSR count). The lowest BCUT2D eigenvalue weighted by Gasteiger charge is -2.34. The van der Waals surface area contributed by atoms with Crippen molar-refractivity contribution in [3.8, 4) is 0 Å². The van der Waals surface area contributed by atoms with E-state index in [4.69, 9.17) is 21.6 Å². The first-order chi connectivity index (χ1) is 16.5. The van der Waals surface area contributed by atoms with Gasteiger partial charge in [0.15, 0.2) is 5.82 Å². The zero-order valence-corrected chi connectivity index (χ0v) is 20.5. The predicted molar refractivity (Wildman–Crippen MR) is 133 cm³/mol. The Morgan fingerprint density at radius 3 is 2.59 bits per heavy atom. The molecular weight excluding hydrogens is 448 g/mol. The minimum Gasteiger partial charge on any atom is -0.342 e. The Morgan fingerprint density at radius 2 is 1.91 bits per heavy atom. The molecule has 178 valence electrons. The Kier molecular flexibility index (Phi) is 6.55. The summed E-state index contributed by atoms with van der Waals surface area (Å²) in [6, 6.07) is 11.6. The van der Waals surface area contributed by atoms with Crippen LogP contribution in [0, 0.1) is 12.8 Å². The molecule has 2 fully saturated rings. The van der Waals surface area contributed by atoms with Gasteiger partial charge in [-0.15, -0.1) is 0 Å². The van der Waals surface area contributed by atoms with E-state index in [-0.39, 0.29) is 11.8 Å². The molecule has 1 aliphatic carbocycles. The average Bonchev–Trinajstić information content (AvgIpc) is 3.61. The van der Waals surface area contributed by atoms with Crippen LogP contribution in [0.4, 0.5) is 11.6 Å². The molecule has 1 saturated heterocycles. The van der Waals surface area contributed by atoms with Crippen LogP contribution in [0.15, 0.2) is 36.4 Å². The Morgan fingerprint density at radius 1 is 1.15 bits per heavy atom. The number of hydrogen-bond acceptors (Lipinski definition) is 5. The van der Waals surface area contributed by atoms with Gasteiger partial charge in [-0.3, -0.25) is 9.89 Å². The highest BCUT2D eigenvalue weighted by atomic mass is 35.5. The minimum absolute atomic E-state index is 0.158. The molecule has 3 heterocycles. The van der Waals surface area contributed by atoms with Crippen molar-refractivity contribution in [3.63, 3.8) is 0 Å². The summed E-state index contributed by atoms with van der Waals surface area (Å²) in [5.41, 5.74) is 2.97. The van der Waals surface area contributed by atoms with Gasteiger partial charge < -0.3 is 10.2 Å². The van der Waals surface area contributed by atoms with Crippen LogP contribution in [0.25, 0.3) is 0 Å². The molecule has 2 aromatic heterocycles. The van der Waals surface area contributed by atoms with Crippen LogP contribution in [0.3, 0.4) is 0 Å². The van der Waals surface area contributed by atoms with E-state index in [2.05, 4.69) is 15.5 Å². The van der Waals surface area contributed by atoms with Gasteiger partial charge in [0.2, 0.25) is 5.91 Å². The number of benzene rings is 1. The molecule has 2 N–H and O–H groups in total. The third kappa shape index (κ3) is 5.25. The van der Waals surface area contributed by atoms with Crippen LogP contribution in [0.5, 0.6) is 0 Å². The molecule has 0 radical (unpaired) electrons. The van der Waals surface area contributed by atoms with Crippen molar-refractivity contribution in [1.82, 2.24) is 25.1 Å². The maximum absolute atomic E-state index is 13.1. The molecule has 1 atom stereocenters. The van der Waals surface area contributed by atoms with Crippen molar-refractivity contribution in [1.29, 1.82) is 0 Å². The largest absolute Gasteiger partial charge is 0.342 e. The number of aryl methyl sites for hydroxylation is 1. The van der Waals surface area contributed by atoms with E-state index in [1.54, 1.807) is 0 Å². The van der Waals surface area contributed by atoms with Crippen LogP contribution in [0.2, 0.25) is 5.02 Å². The van der Waals surface area contributed by atoms with Crippen LogP contribution in [-0.2, 0) is 11.2 Å². The topological polar surface area (TPSA) is 86.8 Å². The van der Waals surface area contributed by atoms with Gasteiger partial charge in [-0.25, -0.2) is 9.97 Å². The highest BCUT2D eigenvalue weighted by Crippen LogP contribution is 2.39. The van der Waals surface area contributed by atoms with Gasteiger partial charge >= 0.3 is 0 Å². The van der Waals surface area contributed by atoms with Gasteiger partial charge in [-0.2, -0.15) is 5.10 Å². The second-order valence-electron chi connectivity index (χ2n) is 9.65. The summed E-state index contributed by atoms with van der Waals surface area (Å²) in [4.78, 5) is 24.7. The molecule has 1 aromatic carbocycles. The number of carbonyl (C=O) groups is 1. The molecule has 3 aromatic rings. The van der Waals surface area contributed by atoms with Crippen molar-refractivity contribution in [2.75, 3.05) is 18.4 Å². The first kappa shape index (κ1) is 22.8. The lowest BCUT2D eigenvalue weighted by atomic mass is 9.90. The number of nitrogens with zero attached hydrogens (tertiary/aromatic N) is 4. The maximum Gasteiger partial charge on any atom is 0.229 e. The molecule has 2 aliphatic rings. The van der Waals surface area contributed by atoms with Gasteiger partial charge in [-0.1, -0.05) is 29.8 Å². The second kappa shape index (κ2) is 9.74. The van der Waals surface area contributed by atoms with E-state index in [1.165, 1.54) is 0 Å². The van der Waals surface area contributed by atoms with E-state index < -0.39 is 0 Å². The summed E-state index contributed by atoms with van der Waals surface area (Å²) in [7, 11) is 0. The number of H-pyrrole nitrogens is 1. The van der Waals surface area contributed by atoms with E-state index in [1.807, 2.05) is 55.1 Å². The molecule has 1 saturated carbocycles. The summed E-state index contributed by atoms with van der Waals surface area (Å²) >= 11 is 6.33. The Hall–Kier alpha value is -2.93. The van der Waals surface area contributed by atoms with Gasteiger partial charge in [0, 0.05) is 47.6 Å². The smallest absolute Gasteiger partial charge is 0.229 e. The van der Waals surface area contributed by atoms with E-state index in [0.29, 0.717) is 16.9 Å².